The van der Waals surface area contributed by atoms with E-state index in [9.17, 15) is 0 Å². The number of rotatable bonds is 3. The van der Waals surface area contributed by atoms with E-state index in [1.165, 1.54) is 5.69 Å². The smallest absolute Gasteiger partial charge is 0.165 e. The molecule has 6 heteroatoms. The lowest BCUT2D eigenvalue weighted by Gasteiger charge is -2.10. The molecule has 3 aromatic heterocycles. The highest BCUT2D eigenvalue weighted by molar-refractivity contribution is 5.99. The molecule has 4 aromatic rings. The SMILES string of the molecule is Cc1cccc(-c2nn3c(c2-c2ccnc4ccc(OO)cc24)CCC3)n1. The Hall–Kier alpha value is -3.25. The maximum Gasteiger partial charge on any atom is 0.165 e. The Morgan fingerprint density at radius 1 is 1.15 bits per heavy atom. The summed E-state index contributed by atoms with van der Waals surface area (Å²) in [5, 5.41) is 14.9. The van der Waals surface area contributed by atoms with E-state index < -0.39 is 0 Å². The van der Waals surface area contributed by atoms with Gasteiger partial charge in [0, 0.05) is 35.1 Å². The van der Waals surface area contributed by atoms with Gasteiger partial charge >= 0.3 is 0 Å². The fourth-order valence-corrected chi connectivity index (χ4v) is 3.87. The van der Waals surface area contributed by atoms with Crippen LogP contribution in [0.25, 0.3) is 33.4 Å². The molecule has 134 valence electrons. The molecular weight excluding hydrogens is 340 g/mol. The number of aromatic nitrogens is 4. The van der Waals surface area contributed by atoms with Crippen molar-refractivity contribution in [2.75, 3.05) is 0 Å². The van der Waals surface area contributed by atoms with Crippen LogP contribution < -0.4 is 4.89 Å². The third kappa shape index (κ3) is 2.57. The highest BCUT2D eigenvalue weighted by Crippen LogP contribution is 2.40. The van der Waals surface area contributed by atoms with Crippen LogP contribution in [0.5, 0.6) is 5.75 Å². The van der Waals surface area contributed by atoms with E-state index in [4.69, 9.17) is 15.3 Å². The zero-order valence-corrected chi connectivity index (χ0v) is 14.9. The molecule has 0 saturated carbocycles. The van der Waals surface area contributed by atoms with E-state index in [1.54, 1.807) is 6.07 Å². The summed E-state index contributed by atoms with van der Waals surface area (Å²) in [5.41, 5.74) is 6.89. The Kier molecular flexibility index (Phi) is 3.65. The fourth-order valence-electron chi connectivity index (χ4n) is 3.87. The minimum Gasteiger partial charge on any atom is -0.340 e. The molecule has 0 fully saturated rings. The molecule has 0 spiro atoms. The maximum atomic E-state index is 9.09. The van der Waals surface area contributed by atoms with Crippen molar-refractivity contribution >= 4 is 10.9 Å². The van der Waals surface area contributed by atoms with E-state index in [0.29, 0.717) is 5.75 Å². The number of hydrogen-bond acceptors (Lipinski definition) is 5. The van der Waals surface area contributed by atoms with E-state index in [-0.39, 0.29) is 0 Å². The van der Waals surface area contributed by atoms with Gasteiger partial charge in [-0.15, -0.1) is 0 Å². The molecule has 0 radical (unpaired) electrons. The highest BCUT2D eigenvalue weighted by atomic mass is 17.1. The molecule has 6 nitrogen and oxygen atoms in total. The summed E-state index contributed by atoms with van der Waals surface area (Å²) in [4.78, 5) is 13.6. The zero-order chi connectivity index (χ0) is 18.4. The highest BCUT2D eigenvalue weighted by Gasteiger charge is 2.25. The number of nitrogens with zero attached hydrogens (tertiary/aromatic N) is 4. The van der Waals surface area contributed by atoms with Crippen molar-refractivity contribution in [3.8, 4) is 28.3 Å². The minimum atomic E-state index is 0.385. The average Bonchev–Trinajstić information content (AvgIpc) is 3.28. The minimum absolute atomic E-state index is 0.385. The number of benzene rings is 1. The first-order chi connectivity index (χ1) is 13.2. The number of pyridine rings is 2. The Morgan fingerprint density at radius 3 is 2.93 bits per heavy atom. The number of hydrogen-bond donors (Lipinski definition) is 1. The standard InChI is InChI=1S/C21H18N4O2/c1-13-4-2-5-18(23-13)21-20(19-6-3-11-25(19)24-21)15-9-10-22-17-8-7-14(27-26)12-16(15)17/h2,4-5,7-10,12,26H,3,6,11H2,1H3. The number of aryl methyl sites for hydroxylation is 2. The van der Waals surface area contributed by atoms with Crippen LogP contribution in [0.1, 0.15) is 17.8 Å². The summed E-state index contributed by atoms with van der Waals surface area (Å²) < 4.78 is 2.09. The summed E-state index contributed by atoms with van der Waals surface area (Å²) in [6.07, 6.45) is 3.88. The van der Waals surface area contributed by atoms with Gasteiger partial charge in [-0.3, -0.25) is 14.6 Å². The normalized spacial score (nSPS) is 13.1. The second-order valence-corrected chi connectivity index (χ2v) is 6.79. The van der Waals surface area contributed by atoms with Gasteiger partial charge in [0.15, 0.2) is 5.75 Å². The number of fused-ring (bicyclic) bond motifs is 2. The molecule has 0 unspecified atom stereocenters. The summed E-state index contributed by atoms with van der Waals surface area (Å²) in [7, 11) is 0. The molecule has 27 heavy (non-hydrogen) atoms. The summed E-state index contributed by atoms with van der Waals surface area (Å²) in [6, 6.07) is 13.3. The first-order valence-corrected chi connectivity index (χ1v) is 8.99. The molecule has 0 aliphatic carbocycles. The molecule has 0 amide bonds. The topological polar surface area (TPSA) is 73.1 Å². The van der Waals surface area contributed by atoms with Gasteiger partial charge in [0.25, 0.3) is 0 Å². The molecule has 4 heterocycles. The molecule has 0 bridgehead atoms. The summed E-state index contributed by atoms with van der Waals surface area (Å²) in [6.45, 7) is 2.90. The molecule has 0 atom stereocenters. The van der Waals surface area contributed by atoms with Crippen LogP contribution in [0.4, 0.5) is 0 Å². The lowest BCUT2D eigenvalue weighted by Crippen LogP contribution is -1.95. The molecular formula is C21H18N4O2. The Balaban J connectivity index is 1.82. The molecule has 1 aliphatic rings. The van der Waals surface area contributed by atoms with Crippen molar-refractivity contribution in [1.82, 2.24) is 19.7 Å². The second kappa shape index (κ2) is 6.17. The van der Waals surface area contributed by atoms with Crippen LogP contribution in [-0.4, -0.2) is 25.0 Å². The van der Waals surface area contributed by atoms with Gasteiger partial charge < -0.3 is 4.89 Å². The van der Waals surface area contributed by atoms with Crippen LogP contribution in [0, 0.1) is 6.92 Å². The quantitative estimate of drug-likeness (QED) is 0.437. The monoisotopic (exact) mass is 358 g/mol. The molecule has 1 aliphatic heterocycles. The van der Waals surface area contributed by atoms with Crippen molar-refractivity contribution in [2.24, 2.45) is 0 Å². The first kappa shape index (κ1) is 16.0. The van der Waals surface area contributed by atoms with Crippen LogP contribution in [0.2, 0.25) is 0 Å². The van der Waals surface area contributed by atoms with Gasteiger partial charge in [0.1, 0.15) is 5.69 Å². The van der Waals surface area contributed by atoms with E-state index in [0.717, 1.165) is 58.5 Å². The van der Waals surface area contributed by atoms with Gasteiger partial charge in [0.05, 0.1) is 11.2 Å². The van der Waals surface area contributed by atoms with Crippen LogP contribution in [-0.2, 0) is 13.0 Å². The summed E-state index contributed by atoms with van der Waals surface area (Å²) >= 11 is 0. The van der Waals surface area contributed by atoms with E-state index >= 15 is 0 Å². The Morgan fingerprint density at radius 2 is 2.07 bits per heavy atom. The van der Waals surface area contributed by atoms with Gasteiger partial charge in [-0.25, -0.2) is 5.26 Å². The second-order valence-electron chi connectivity index (χ2n) is 6.79. The van der Waals surface area contributed by atoms with Gasteiger partial charge in [0.2, 0.25) is 0 Å². The van der Waals surface area contributed by atoms with Crippen LogP contribution in [0.15, 0.2) is 48.7 Å². The Bertz CT molecular complexity index is 1170. The molecule has 1 N–H and O–H groups in total. The van der Waals surface area contributed by atoms with Gasteiger partial charge in [-0.05, 0) is 61.7 Å². The van der Waals surface area contributed by atoms with Crippen LogP contribution in [0.3, 0.4) is 0 Å². The lowest BCUT2D eigenvalue weighted by atomic mass is 9.96. The predicted octanol–water partition coefficient (Wildman–Crippen LogP) is 4.27. The fraction of sp³-hybridized carbons (Fsp3) is 0.190. The predicted molar refractivity (Wildman–Crippen MR) is 103 cm³/mol. The Labute approximate surface area is 156 Å². The first-order valence-electron chi connectivity index (χ1n) is 8.99. The van der Waals surface area contributed by atoms with Crippen LogP contribution >= 0.6 is 0 Å². The molecule has 0 saturated heterocycles. The van der Waals surface area contributed by atoms with Crippen molar-refractivity contribution < 1.29 is 10.1 Å². The van der Waals surface area contributed by atoms with Crippen molar-refractivity contribution in [2.45, 2.75) is 26.3 Å². The largest absolute Gasteiger partial charge is 0.340 e. The van der Waals surface area contributed by atoms with E-state index in [1.807, 2.05) is 49.5 Å². The van der Waals surface area contributed by atoms with E-state index in [2.05, 4.69) is 14.6 Å². The maximum absolute atomic E-state index is 9.09. The zero-order valence-electron chi connectivity index (χ0n) is 14.9. The third-order valence-corrected chi connectivity index (χ3v) is 5.06. The van der Waals surface area contributed by atoms with Gasteiger partial charge in [-0.1, -0.05) is 6.07 Å². The average molecular weight is 358 g/mol. The lowest BCUT2D eigenvalue weighted by molar-refractivity contribution is -0.137. The molecule has 1 aromatic carbocycles. The molecule has 5 rings (SSSR count). The van der Waals surface area contributed by atoms with Crippen molar-refractivity contribution in [3.63, 3.8) is 0 Å². The third-order valence-electron chi connectivity index (χ3n) is 5.06. The van der Waals surface area contributed by atoms with Crippen molar-refractivity contribution in [1.29, 1.82) is 0 Å². The van der Waals surface area contributed by atoms with Gasteiger partial charge in [-0.2, -0.15) is 5.10 Å². The van der Waals surface area contributed by atoms with Crippen molar-refractivity contribution in [3.05, 3.63) is 60.0 Å². The summed E-state index contributed by atoms with van der Waals surface area (Å²) in [5.74, 6) is 0.385.